The van der Waals surface area contributed by atoms with Gasteiger partial charge in [0.25, 0.3) is 0 Å². The molecule has 1 saturated heterocycles. The molecule has 0 aromatic heterocycles. The van der Waals surface area contributed by atoms with Gasteiger partial charge in [-0.1, -0.05) is 13.7 Å². The molecule has 0 bridgehead atoms. The van der Waals surface area contributed by atoms with Crippen LogP contribution >= 0.6 is 0 Å². The summed E-state index contributed by atoms with van der Waals surface area (Å²) in [5.41, 5.74) is -1.36. The third-order valence-corrected chi connectivity index (χ3v) is 3.69. The first-order chi connectivity index (χ1) is 17.3. The highest BCUT2D eigenvalue weighted by Crippen LogP contribution is 2.42. The number of hydrogen-bond donors (Lipinski definition) is 0. The van der Waals surface area contributed by atoms with Crippen molar-refractivity contribution >= 4 is 5.78 Å². The number of Topliss-reactive ketones (excluding diaryl/α,β-unsaturated/α-hetero) is 1. The van der Waals surface area contributed by atoms with E-state index in [-0.39, 0.29) is 0 Å². The lowest BCUT2D eigenvalue weighted by Gasteiger charge is -2.43. The Hall–Kier alpha value is -1.55. The highest BCUT2D eigenvalue weighted by molar-refractivity contribution is 5.83. The van der Waals surface area contributed by atoms with Gasteiger partial charge in [-0.05, 0) is 41.9 Å². The first-order valence-corrected chi connectivity index (χ1v) is 6.89. The van der Waals surface area contributed by atoms with E-state index in [9.17, 15) is 4.79 Å². The van der Waals surface area contributed by atoms with E-state index >= 15 is 0 Å². The molecular formula is C19H27NO3. The molecule has 2 aliphatic heterocycles. The second kappa shape index (κ2) is 6.52. The number of benzene rings is 1. The normalized spacial score (nSPS) is 44.3. The highest BCUT2D eigenvalue weighted by atomic mass is 16.5. The van der Waals surface area contributed by atoms with Crippen LogP contribution < -0.4 is 9.47 Å². The Morgan fingerprint density at radius 2 is 2.26 bits per heavy atom. The smallest absolute Gasteiger partial charge is 0.161 e. The highest BCUT2D eigenvalue weighted by Gasteiger charge is 2.38. The van der Waals surface area contributed by atoms with Crippen molar-refractivity contribution in [3.8, 4) is 11.5 Å². The van der Waals surface area contributed by atoms with Crippen LogP contribution in [-0.4, -0.2) is 37.9 Å². The monoisotopic (exact) mass is 333 g/mol. The van der Waals surface area contributed by atoms with E-state index in [0.717, 1.165) is 14.2 Å². The maximum Gasteiger partial charge on any atom is 0.161 e. The van der Waals surface area contributed by atoms with Gasteiger partial charge in [-0.2, -0.15) is 0 Å². The summed E-state index contributed by atoms with van der Waals surface area (Å²) < 4.78 is 142. The van der Waals surface area contributed by atoms with Crippen molar-refractivity contribution in [2.75, 3.05) is 27.3 Å². The molecule has 3 rings (SSSR count). The van der Waals surface area contributed by atoms with E-state index in [0.29, 0.717) is 4.90 Å². The zero-order chi connectivity index (χ0) is 30.5. The van der Waals surface area contributed by atoms with Crippen LogP contribution in [-0.2, 0) is 11.2 Å². The fourth-order valence-electron chi connectivity index (χ4n) is 2.60. The number of methoxy groups -OCH3 is 2. The Labute approximate surface area is 161 Å². The average Bonchev–Trinajstić information content (AvgIpc) is 2.75. The maximum absolute atomic E-state index is 13.4. The topological polar surface area (TPSA) is 38.8 Å². The van der Waals surface area contributed by atoms with Crippen molar-refractivity contribution in [2.45, 2.75) is 38.9 Å². The maximum atomic E-state index is 13.4. The zero-order valence-corrected chi connectivity index (χ0v) is 12.7. The number of rotatable bonds is 4. The minimum atomic E-state index is -3.86. The zero-order valence-electron chi connectivity index (χ0n) is 28.7. The first-order valence-electron chi connectivity index (χ1n) is 14.9. The van der Waals surface area contributed by atoms with Crippen molar-refractivity contribution in [3.05, 3.63) is 23.2 Å². The molecule has 4 nitrogen and oxygen atoms in total. The molecular weight excluding hydrogens is 290 g/mol. The molecule has 2 aliphatic rings. The molecule has 0 N–H and O–H groups in total. The van der Waals surface area contributed by atoms with Crippen LogP contribution in [0.15, 0.2) is 12.1 Å². The third-order valence-electron chi connectivity index (χ3n) is 3.69. The second-order valence-electron chi connectivity index (χ2n) is 5.08. The summed E-state index contributed by atoms with van der Waals surface area (Å²) in [5.74, 6) is -8.19. The Bertz CT molecular complexity index is 1180. The van der Waals surface area contributed by atoms with E-state index in [4.69, 9.17) is 31.4 Å². The fourth-order valence-corrected chi connectivity index (χ4v) is 2.60. The molecule has 2 unspecified atom stereocenters. The SMILES string of the molecule is [2H]c1c(OC)c(OC)c([2H])c2c1C1([2H])CC(=O)C(C([2H])([2H])C([2H])(C([2H])([2H])[2H])C([2H])([2H])[2H])CN1C([2H])([2H])C2([2H])[2H]. The van der Waals surface area contributed by atoms with E-state index < -0.39 is 104 Å². The molecule has 0 saturated carbocycles. The van der Waals surface area contributed by atoms with E-state index in [1.807, 2.05) is 0 Å². The number of carbonyl (C=O) groups is 1. The summed E-state index contributed by atoms with van der Waals surface area (Å²) in [7, 11) is 2.22. The van der Waals surface area contributed by atoms with Gasteiger partial charge in [-0.3, -0.25) is 9.69 Å². The minimum Gasteiger partial charge on any atom is -0.493 e. The predicted molar refractivity (Wildman–Crippen MR) is 90.1 cm³/mol. The number of hydrogen-bond acceptors (Lipinski definition) is 4. The Kier molecular flexibility index (Phi) is 1.63. The summed E-state index contributed by atoms with van der Waals surface area (Å²) in [5, 5.41) is 0. The predicted octanol–water partition coefficient (Wildman–Crippen LogP) is 3.24. The summed E-state index contributed by atoms with van der Waals surface area (Å²) in [6.45, 7) is -12.0. The van der Waals surface area contributed by atoms with Gasteiger partial charge in [0.2, 0.25) is 0 Å². The van der Waals surface area contributed by atoms with Crippen LogP contribution in [0.4, 0.5) is 0 Å². The molecule has 2 atom stereocenters. The van der Waals surface area contributed by atoms with Gasteiger partial charge in [0.1, 0.15) is 5.78 Å². The van der Waals surface area contributed by atoms with Crippen molar-refractivity contribution < 1.29 is 36.2 Å². The second-order valence-corrected chi connectivity index (χ2v) is 5.08. The first kappa shape index (κ1) is 5.76. The van der Waals surface area contributed by atoms with E-state index in [2.05, 4.69) is 0 Å². The van der Waals surface area contributed by atoms with Crippen LogP contribution in [0.1, 0.15) is 65.6 Å². The van der Waals surface area contributed by atoms with Gasteiger partial charge in [-0.25, -0.2) is 0 Å². The number of ketones is 1. The molecule has 2 heterocycles. The number of ether oxygens (including phenoxy) is 2. The van der Waals surface area contributed by atoms with E-state index in [1.54, 1.807) is 0 Å². The third kappa shape index (κ3) is 3.09. The lowest BCUT2D eigenvalue weighted by molar-refractivity contribution is -0.129. The molecule has 4 heteroatoms. The molecule has 0 amide bonds. The molecule has 23 heavy (non-hydrogen) atoms. The van der Waals surface area contributed by atoms with Gasteiger partial charge in [0, 0.05) is 49.2 Å². The van der Waals surface area contributed by atoms with Crippen LogP contribution in [0.25, 0.3) is 0 Å². The van der Waals surface area contributed by atoms with Gasteiger partial charge in [0.05, 0.1) is 18.3 Å². The summed E-state index contributed by atoms with van der Waals surface area (Å²) >= 11 is 0. The minimum absolute atomic E-state index is 0.397. The number of fused-ring (bicyclic) bond motifs is 3. The Morgan fingerprint density at radius 1 is 1.52 bits per heavy atom. The quantitative estimate of drug-likeness (QED) is 0.848. The van der Waals surface area contributed by atoms with Crippen molar-refractivity contribution in [1.29, 1.82) is 0 Å². The number of piperidine rings is 1. The van der Waals surface area contributed by atoms with Crippen LogP contribution in [0, 0.1) is 11.8 Å². The Balaban J connectivity index is 2.36. The van der Waals surface area contributed by atoms with Crippen molar-refractivity contribution in [1.82, 2.24) is 4.90 Å². The standard InChI is InChI=1S/C19H27NO3/c1-12(2)7-14-11-20-6-5-13-8-18(22-3)19(23-4)9-15(13)16(20)10-17(14)21/h8-9,12,14,16H,5-7,10-11H2,1-4H3/i1D3,2D3,5D2,6D2,7D2,8D,9D,12D,16D. The molecule has 0 aliphatic carbocycles. The number of nitrogens with zero attached hydrogens (tertiary/aromatic N) is 1. The molecule has 0 spiro atoms. The average molecular weight is 334 g/mol. The summed E-state index contributed by atoms with van der Waals surface area (Å²) in [4.78, 5) is 13.9. The lowest BCUT2D eigenvalue weighted by atomic mass is 9.80. The van der Waals surface area contributed by atoms with Crippen molar-refractivity contribution in [3.63, 3.8) is 0 Å². The van der Waals surface area contributed by atoms with Gasteiger partial charge >= 0.3 is 0 Å². The van der Waals surface area contributed by atoms with E-state index in [1.165, 1.54) is 0 Å². The largest absolute Gasteiger partial charge is 0.493 e. The van der Waals surface area contributed by atoms with Gasteiger partial charge in [-0.15, -0.1) is 0 Å². The Morgan fingerprint density at radius 3 is 2.96 bits per heavy atom. The van der Waals surface area contributed by atoms with Gasteiger partial charge < -0.3 is 9.47 Å². The molecule has 1 aromatic rings. The molecule has 1 aromatic carbocycles. The van der Waals surface area contributed by atoms with Crippen LogP contribution in [0.3, 0.4) is 0 Å². The van der Waals surface area contributed by atoms with Gasteiger partial charge in [0.15, 0.2) is 11.5 Å². The van der Waals surface area contributed by atoms with Crippen molar-refractivity contribution in [2.24, 2.45) is 11.8 Å². The lowest BCUT2D eigenvalue weighted by Crippen LogP contribution is -2.46. The van der Waals surface area contributed by atoms with Crippen LogP contribution in [0.5, 0.6) is 11.5 Å². The summed E-state index contributed by atoms with van der Waals surface area (Å²) in [6.07, 6.45) is -7.96. The summed E-state index contributed by atoms with van der Waals surface area (Å²) in [6, 6.07) is -4.04. The number of carbonyl (C=O) groups excluding carboxylic acids is 1. The fraction of sp³-hybridized carbons (Fsp3) is 0.632. The molecule has 0 radical (unpaired) electrons. The molecule has 1 fully saturated rings. The molecule has 126 valence electrons. The van der Waals surface area contributed by atoms with Crippen LogP contribution in [0.2, 0.25) is 0 Å².